The maximum Gasteiger partial charge on any atom is 0.294 e. The summed E-state index contributed by atoms with van der Waals surface area (Å²) in [6.45, 7) is 3.72. The second-order valence-corrected chi connectivity index (χ2v) is 4.48. The first-order chi connectivity index (χ1) is 7.93. The van der Waals surface area contributed by atoms with Crippen LogP contribution in [-0.2, 0) is 7.05 Å². The molecule has 0 fully saturated rings. The molecule has 1 aromatic carbocycles. The van der Waals surface area contributed by atoms with E-state index in [1.165, 1.54) is 4.68 Å². The molecular weight excluding hydrogens is 238 g/mol. The molecule has 0 bridgehead atoms. The number of aromatic nitrogens is 2. The Morgan fingerprint density at radius 3 is 2.41 bits per heavy atom. The fourth-order valence-electron chi connectivity index (χ4n) is 1.73. The van der Waals surface area contributed by atoms with E-state index in [0.717, 1.165) is 11.3 Å². The molecule has 5 heteroatoms. The molecule has 0 unspecified atom stereocenters. The summed E-state index contributed by atoms with van der Waals surface area (Å²) >= 11 is 6.06. The van der Waals surface area contributed by atoms with Crippen LogP contribution < -0.4 is 11.3 Å². The number of hydrogen-bond acceptors (Lipinski definition) is 2. The molecule has 0 saturated carbocycles. The molecule has 2 N–H and O–H groups in total. The minimum atomic E-state index is -0.218. The monoisotopic (exact) mass is 251 g/mol. The molecule has 0 aliphatic rings. The van der Waals surface area contributed by atoms with Gasteiger partial charge >= 0.3 is 0 Å². The van der Waals surface area contributed by atoms with Crippen molar-refractivity contribution >= 4 is 17.3 Å². The van der Waals surface area contributed by atoms with Crippen molar-refractivity contribution in [2.24, 2.45) is 7.05 Å². The molecular formula is C12H14ClN3O. The van der Waals surface area contributed by atoms with E-state index in [1.807, 2.05) is 26.0 Å². The zero-order valence-corrected chi connectivity index (χ0v) is 10.7. The number of aryl methyl sites for hydroxylation is 1. The van der Waals surface area contributed by atoms with Crippen molar-refractivity contribution in [1.82, 2.24) is 9.36 Å². The van der Waals surface area contributed by atoms with Gasteiger partial charge < -0.3 is 5.73 Å². The Kier molecular flexibility index (Phi) is 2.75. The molecule has 0 spiro atoms. The Morgan fingerprint density at radius 2 is 1.94 bits per heavy atom. The Morgan fingerprint density at radius 1 is 1.29 bits per heavy atom. The van der Waals surface area contributed by atoms with Gasteiger partial charge in [0.1, 0.15) is 5.69 Å². The van der Waals surface area contributed by atoms with E-state index in [0.29, 0.717) is 10.7 Å². The fourth-order valence-corrected chi connectivity index (χ4v) is 1.91. The summed E-state index contributed by atoms with van der Waals surface area (Å²) in [5, 5.41) is 0.631. The van der Waals surface area contributed by atoms with Crippen LogP contribution in [0.25, 0.3) is 5.69 Å². The SMILES string of the molecule is Cc1ccc(-n2c(=O)c(N)c(C)n2C)cc1Cl. The van der Waals surface area contributed by atoms with E-state index < -0.39 is 0 Å². The predicted molar refractivity (Wildman–Crippen MR) is 69.9 cm³/mol. The summed E-state index contributed by atoms with van der Waals surface area (Å²) in [6, 6.07) is 5.49. The van der Waals surface area contributed by atoms with Gasteiger partial charge in [-0.25, -0.2) is 4.68 Å². The molecule has 0 aliphatic carbocycles. The van der Waals surface area contributed by atoms with Gasteiger partial charge in [-0.2, -0.15) is 0 Å². The number of hydrogen-bond donors (Lipinski definition) is 1. The van der Waals surface area contributed by atoms with Crippen molar-refractivity contribution in [1.29, 1.82) is 0 Å². The third-order valence-corrected chi connectivity index (χ3v) is 3.41. The molecule has 0 amide bonds. The lowest BCUT2D eigenvalue weighted by Gasteiger charge is -2.09. The van der Waals surface area contributed by atoms with Gasteiger partial charge in [0, 0.05) is 12.1 Å². The highest BCUT2D eigenvalue weighted by atomic mass is 35.5. The molecule has 0 radical (unpaired) electrons. The van der Waals surface area contributed by atoms with E-state index in [-0.39, 0.29) is 11.2 Å². The second-order valence-electron chi connectivity index (χ2n) is 4.07. The highest BCUT2D eigenvalue weighted by Gasteiger charge is 2.13. The molecule has 0 aliphatic heterocycles. The topological polar surface area (TPSA) is 52.9 Å². The molecule has 2 aromatic rings. The quantitative estimate of drug-likeness (QED) is 0.843. The Labute approximate surface area is 104 Å². The van der Waals surface area contributed by atoms with Crippen LogP contribution >= 0.6 is 11.6 Å². The van der Waals surface area contributed by atoms with E-state index in [4.69, 9.17) is 17.3 Å². The fraction of sp³-hybridized carbons (Fsp3) is 0.250. The van der Waals surface area contributed by atoms with Gasteiger partial charge in [0.05, 0.1) is 11.4 Å². The molecule has 17 heavy (non-hydrogen) atoms. The van der Waals surface area contributed by atoms with Crippen LogP contribution in [0.2, 0.25) is 5.02 Å². The van der Waals surface area contributed by atoms with Crippen molar-refractivity contribution in [3.63, 3.8) is 0 Å². The first-order valence-electron chi connectivity index (χ1n) is 5.24. The van der Waals surface area contributed by atoms with Crippen molar-refractivity contribution < 1.29 is 0 Å². The Hall–Kier alpha value is -1.68. The van der Waals surface area contributed by atoms with Crippen LogP contribution in [0, 0.1) is 13.8 Å². The highest BCUT2D eigenvalue weighted by Crippen LogP contribution is 2.19. The maximum absolute atomic E-state index is 12.0. The van der Waals surface area contributed by atoms with Crippen LogP contribution in [-0.4, -0.2) is 9.36 Å². The number of nitrogens with two attached hydrogens (primary N) is 1. The van der Waals surface area contributed by atoms with Crippen LogP contribution in [0.1, 0.15) is 11.3 Å². The van der Waals surface area contributed by atoms with Gasteiger partial charge in [-0.1, -0.05) is 17.7 Å². The molecule has 4 nitrogen and oxygen atoms in total. The van der Waals surface area contributed by atoms with Gasteiger partial charge in [-0.05, 0) is 31.5 Å². The van der Waals surface area contributed by atoms with Gasteiger partial charge in [0.15, 0.2) is 0 Å². The van der Waals surface area contributed by atoms with E-state index >= 15 is 0 Å². The van der Waals surface area contributed by atoms with Gasteiger partial charge in [-0.15, -0.1) is 0 Å². The lowest BCUT2D eigenvalue weighted by molar-refractivity contribution is 0.630. The zero-order chi connectivity index (χ0) is 12.7. The average Bonchev–Trinajstić information content (AvgIpc) is 2.48. The van der Waals surface area contributed by atoms with Crippen LogP contribution in [0.5, 0.6) is 0 Å². The predicted octanol–water partition coefficient (Wildman–Crippen LogP) is 2.03. The van der Waals surface area contributed by atoms with E-state index in [9.17, 15) is 4.79 Å². The van der Waals surface area contributed by atoms with E-state index in [1.54, 1.807) is 17.8 Å². The normalized spacial score (nSPS) is 10.8. The van der Waals surface area contributed by atoms with Crippen molar-refractivity contribution in [2.75, 3.05) is 5.73 Å². The third kappa shape index (κ3) is 1.74. The number of nitrogen functional groups attached to an aromatic ring is 1. The number of halogens is 1. The summed E-state index contributed by atoms with van der Waals surface area (Å²) < 4.78 is 3.23. The van der Waals surface area contributed by atoms with Crippen molar-refractivity contribution in [3.05, 3.63) is 44.8 Å². The molecule has 2 rings (SSSR count). The maximum atomic E-state index is 12.0. The van der Waals surface area contributed by atoms with E-state index in [2.05, 4.69) is 0 Å². The van der Waals surface area contributed by atoms with Gasteiger partial charge in [0.25, 0.3) is 5.56 Å². The highest BCUT2D eigenvalue weighted by molar-refractivity contribution is 6.31. The van der Waals surface area contributed by atoms with Crippen LogP contribution in [0.15, 0.2) is 23.0 Å². The second kappa shape index (κ2) is 3.96. The average molecular weight is 252 g/mol. The Bertz CT molecular complexity index is 640. The molecule has 1 heterocycles. The number of anilines is 1. The van der Waals surface area contributed by atoms with Gasteiger partial charge in [0.2, 0.25) is 0 Å². The minimum Gasteiger partial charge on any atom is -0.393 e. The lowest BCUT2D eigenvalue weighted by Crippen LogP contribution is -2.20. The van der Waals surface area contributed by atoms with Crippen molar-refractivity contribution in [2.45, 2.75) is 13.8 Å². The third-order valence-electron chi connectivity index (χ3n) is 3.00. The van der Waals surface area contributed by atoms with Crippen LogP contribution in [0.4, 0.5) is 5.69 Å². The minimum absolute atomic E-state index is 0.218. The zero-order valence-electron chi connectivity index (χ0n) is 9.99. The summed E-state index contributed by atoms with van der Waals surface area (Å²) in [7, 11) is 1.79. The smallest absolute Gasteiger partial charge is 0.294 e. The van der Waals surface area contributed by atoms with Gasteiger partial charge in [-0.3, -0.25) is 9.48 Å². The van der Waals surface area contributed by atoms with Crippen LogP contribution in [0.3, 0.4) is 0 Å². The molecule has 90 valence electrons. The summed E-state index contributed by atoms with van der Waals surface area (Å²) in [5.41, 5.74) is 8.20. The Balaban J connectivity index is 2.73. The first-order valence-corrected chi connectivity index (χ1v) is 5.62. The number of rotatable bonds is 1. The number of benzene rings is 1. The molecule has 0 atom stereocenters. The largest absolute Gasteiger partial charge is 0.393 e. The standard InChI is InChI=1S/C12H14ClN3O/c1-7-4-5-9(6-10(7)13)16-12(17)11(14)8(2)15(16)3/h4-6H,14H2,1-3H3. The summed E-state index contributed by atoms with van der Waals surface area (Å²) in [5.74, 6) is 0. The summed E-state index contributed by atoms with van der Waals surface area (Å²) in [6.07, 6.45) is 0. The lowest BCUT2D eigenvalue weighted by atomic mass is 10.2. The number of nitrogens with zero attached hydrogens (tertiary/aromatic N) is 2. The summed E-state index contributed by atoms with van der Waals surface area (Å²) in [4.78, 5) is 12.0. The molecule has 1 aromatic heterocycles. The first kappa shape index (κ1) is 11.8. The molecule has 0 saturated heterocycles. The van der Waals surface area contributed by atoms with Crippen molar-refractivity contribution in [3.8, 4) is 5.69 Å².